The van der Waals surface area contributed by atoms with Crippen LogP contribution in [-0.2, 0) is 9.59 Å². The molecule has 0 unspecified atom stereocenters. The standard InChI is InChI=1S/C10H10N2O4S/c13-8(14)4-3-6-9(15)12(10(16)11-6)7-2-1-5-17-7/h1-2,5-6H,3-4H2,(H,11,16)(H,13,14)/t6-/m0/s1. The average Bonchev–Trinajstić information content (AvgIpc) is 2.84. The van der Waals surface area contributed by atoms with Gasteiger partial charge in [-0.15, -0.1) is 11.3 Å². The van der Waals surface area contributed by atoms with Crippen LogP contribution in [0.4, 0.5) is 9.80 Å². The second-order valence-electron chi connectivity index (χ2n) is 3.56. The van der Waals surface area contributed by atoms with Crippen molar-refractivity contribution in [3.63, 3.8) is 0 Å². The van der Waals surface area contributed by atoms with Crippen LogP contribution in [0.25, 0.3) is 0 Å². The van der Waals surface area contributed by atoms with E-state index in [1.54, 1.807) is 17.5 Å². The Hall–Kier alpha value is -1.89. The summed E-state index contributed by atoms with van der Waals surface area (Å²) in [6.07, 6.45) is -0.0310. The lowest BCUT2D eigenvalue weighted by Crippen LogP contribution is -2.30. The molecule has 1 atom stereocenters. The Morgan fingerprint density at radius 2 is 2.29 bits per heavy atom. The summed E-state index contributed by atoms with van der Waals surface area (Å²) in [4.78, 5) is 34.9. The number of rotatable bonds is 4. The average molecular weight is 254 g/mol. The predicted molar refractivity (Wildman–Crippen MR) is 61.0 cm³/mol. The van der Waals surface area contributed by atoms with Gasteiger partial charge in [0.05, 0.1) is 0 Å². The van der Waals surface area contributed by atoms with Crippen molar-refractivity contribution in [3.8, 4) is 0 Å². The van der Waals surface area contributed by atoms with E-state index in [0.29, 0.717) is 5.00 Å². The number of aliphatic carboxylic acids is 1. The van der Waals surface area contributed by atoms with E-state index in [4.69, 9.17) is 5.11 Å². The maximum absolute atomic E-state index is 11.9. The van der Waals surface area contributed by atoms with Gasteiger partial charge in [0.15, 0.2) is 0 Å². The normalized spacial score (nSPS) is 19.5. The molecule has 1 aromatic heterocycles. The van der Waals surface area contributed by atoms with E-state index in [2.05, 4.69) is 5.32 Å². The fourth-order valence-electron chi connectivity index (χ4n) is 1.60. The molecule has 2 N–H and O–H groups in total. The number of carboxylic acid groups (broad SMARTS) is 1. The van der Waals surface area contributed by atoms with E-state index in [1.165, 1.54) is 11.3 Å². The molecule has 1 aromatic rings. The van der Waals surface area contributed by atoms with E-state index in [-0.39, 0.29) is 12.8 Å². The molecule has 6 nitrogen and oxygen atoms in total. The molecule has 2 rings (SSSR count). The van der Waals surface area contributed by atoms with Crippen LogP contribution in [-0.4, -0.2) is 29.1 Å². The fourth-order valence-corrected chi connectivity index (χ4v) is 2.33. The highest BCUT2D eigenvalue weighted by Crippen LogP contribution is 2.25. The van der Waals surface area contributed by atoms with Crippen LogP contribution in [0.1, 0.15) is 12.8 Å². The summed E-state index contributed by atoms with van der Waals surface area (Å²) in [6, 6.07) is 2.18. The summed E-state index contributed by atoms with van der Waals surface area (Å²) < 4.78 is 0. The molecule has 1 fully saturated rings. The van der Waals surface area contributed by atoms with Gasteiger partial charge in [0.1, 0.15) is 11.0 Å². The topological polar surface area (TPSA) is 86.7 Å². The zero-order chi connectivity index (χ0) is 12.4. The highest BCUT2D eigenvalue weighted by molar-refractivity contribution is 7.14. The van der Waals surface area contributed by atoms with Crippen molar-refractivity contribution >= 4 is 34.2 Å². The highest BCUT2D eigenvalue weighted by Gasteiger charge is 2.39. The number of hydrogen-bond donors (Lipinski definition) is 2. The number of thiophene rings is 1. The molecule has 0 saturated carbocycles. The largest absolute Gasteiger partial charge is 0.481 e. The first-order valence-corrected chi connectivity index (χ1v) is 5.87. The number of carbonyl (C=O) groups is 3. The van der Waals surface area contributed by atoms with Crippen LogP contribution in [0.3, 0.4) is 0 Å². The van der Waals surface area contributed by atoms with E-state index in [1.807, 2.05) is 0 Å². The molecule has 1 aliphatic heterocycles. The number of carbonyl (C=O) groups excluding carboxylic acids is 2. The summed E-state index contributed by atoms with van der Waals surface area (Å²) in [7, 11) is 0. The zero-order valence-electron chi connectivity index (χ0n) is 8.75. The lowest BCUT2D eigenvalue weighted by Gasteiger charge is -2.09. The summed E-state index contributed by atoms with van der Waals surface area (Å²) in [5.41, 5.74) is 0. The summed E-state index contributed by atoms with van der Waals surface area (Å²) in [5.74, 6) is -1.37. The Kier molecular flexibility index (Phi) is 3.10. The van der Waals surface area contributed by atoms with Gasteiger partial charge in [0.25, 0.3) is 5.91 Å². The van der Waals surface area contributed by atoms with Gasteiger partial charge in [-0.05, 0) is 23.9 Å². The van der Waals surface area contributed by atoms with Crippen molar-refractivity contribution in [1.82, 2.24) is 5.32 Å². The molecule has 0 aromatic carbocycles. The number of nitrogens with one attached hydrogen (secondary N) is 1. The molecule has 1 saturated heterocycles. The third-order valence-electron chi connectivity index (χ3n) is 2.39. The molecular weight excluding hydrogens is 244 g/mol. The van der Waals surface area contributed by atoms with Gasteiger partial charge in [-0.1, -0.05) is 0 Å². The van der Waals surface area contributed by atoms with Gasteiger partial charge >= 0.3 is 12.0 Å². The molecule has 0 bridgehead atoms. The van der Waals surface area contributed by atoms with Gasteiger partial charge in [0.2, 0.25) is 0 Å². The molecule has 0 radical (unpaired) electrons. The molecule has 2 heterocycles. The maximum atomic E-state index is 11.9. The third kappa shape index (κ3) is 2.28. The van der Waals surface area contributed by atoms with E-state index >= 15 is 0 Å². The molecule has 1 aliphatic rings. The van der Waals surface area contributed by atoms with Crippen molar-refractivity contribution in [2.24, 2.45) is 0 Å². The second kappa shape index (κ2) is 4.54. The number of urea groups is 1. The second-order valence-corrected chi connectivity index (χ2v) is 4.49. The Morgan fingerprint density at radius 3 is 2.88 bits per heavy atom. The minimum atomic E-state index is -0.985. The van der Waals surface area contributed by atoms with Gasteiger partial charge < -0.3 is 10.4 Å². The Labute approximate surface area is 101 Å². The summed E-state index contributed by atoms with van der Waals surface area (Å²) in [5, 5.41) is 13.3. The summed E-state index contributed by atoms with van der Waals surface area (Å²) >= 11 is 1.28. The monoisotopic (exact) mass is 254 g/mol. The van der Waals surface area contributed by atoms with Gasteiger partial charge in [-0.2, -0.15) is 0 Å². The highest BCUT2D eigenvalue weighted by atomic mass is 32.1. The molecule has 3 amide bonds. The number of amides is 3. The number of imide groups is 1. The van der Waals surface area contributed by atoms with Crippen LogP contribution in [0.5, 0.6) is 0 Å². The van der Waals surface area contributed by atoms with Gasteiger partial charge in [-0.25, -0.2) is 9.69 Å². The maximum Gasteiger partial charge on any atom is 0.330 e. The van der Waals surface area contributed by atoms with Crippen LogP contribution in [0.15, 0.2) is 17.5 Å². The van der Waals surface area contributed by atoms with Crippen molar-refractivity contribution in [3.05, 3.63) is 17.5 Å². The van der Waals surface area contributed by atoms with Crippen molar-refractivity contribution in [2.75, 3.05) is 4.90 Å². The Bertz CT molecular complexity index is 457. The van der Waals surface area contributed by atoms with Crippen molar-refractivity contribution < 1.29 is 19.5 Å². The van der Waals surface area contributed by atoms with Crippen LogP contribution >= 0.6 is 11.3 Å². The quantitative estimate of drug-likeness (QED) is 0.786. The lowest BCUT2D eigenvalue weighted by atomic mass is 10.1. The first-order valence-electron chi connectivity index (χ1n) is 4.99. The SMILES string of the molecule is O=C(O)CC[C@@H]1NC(=O)N(c2cccs2)C1=O. The number of carboxylic acids is 1. The molecule has 0 aliphatic carbocycles. The summed E-state index contributed by atoms with van der Waals surface area (Å²) in [6.45, 7) is 0. The molecule has 7 heteroatoms. The smallest absolute Gasteiger partial charge is 0.330 e. The fraction of sp³-hybridized carbons (Fsp3) is 0.300. The minimum absolute atomic E-state index is 0.113. The molecular formula is C10H10N2O4S. The first kappa shape index (κ1) is 11.6. The predicted octanol–water partition coefficient (Wildman–Crippen LogP) is 1.04. The van der Waals surface area contributed by atoms with Gasteiger partial charge in [-0.3, -0.25) is 9.59 Å². The minimum Gasteiger partial charge on any atom is -0.481 e. The molecule has 17 heavy (non-hydrogen) atoms. The van der Waals surface area contributed by atoms with Crippen molar-refractivity contribution in [1.29, 1.82) is 0 Å². The number of nitrogens with zero attached hydrogens (tertiary/aromatic N) is 1. The third-order valence-corrected chi connectivity index (χ3v) is 3.25. The van der Waals surface area contributed by atoms with Crippen LogP contribution in [0, 0.1) is 0 Å². The molecule has 90 valence electrons. The Morgan fingerprint density at radius 1 is 1.53 bits per heavy atom. The Balaban J connectivity index is 2.09. The van der Waals surface area contributed by atoms with E-state index in [0.717, 1.165) is 4.90 Å². The molecule has 0 spiro atoms. The zero-order valence-corrected chi connectivity index (χ0v) is 9.57. The van der Waals surface area contributed by atoms with Crippen LogP contribution in [0.2, 0.25) is 0 Å². The van der Waals surface area contributed by atoms with E-state index in [9.17, 15) is 14.4 Å². The first-order chi connectivity index (χ1) is 8.09. The van der Waals surface area contributed by atoms with E-state index < -0.39 is 23.9 Å². The van der Waals surface area contributed by atoms with Crippen LogP contribution < -0.4 is 10.2 Å². The lowest BCUT2D eigenvalue weighted by molar-refractivity contribution is -0.137. The van der Waals surface area contributed by atoms with Crippen molar-refractivity contribution in [2.45, 2.75) is 18.9 Å². The number of hydrogen-bond acceptors (Lipinski definition) is 4. The van der Waals surface area contributed by atoms with Gasteiger partial charge in [0, 0.05) is 6.42 Å². The number of anilines is 1.